The van der Waals surface area contributed by atoms with Gasteiger partial charge in [0, 0.05) is 5.69 Å². The molecular weight excluding hydrogens is 267 g/mol. The van der Waals surface area contributed by atoms with Gasteiger partial charge in [0.25, 0.3) is 0 Å². The molecule has 0 aliphatic heterocycles. The Bertz CT molecular complexity index is 663. The van der Waals surface area contributed by atoms with Crippen LogP contribution in [-0.4, -0.2) is 14.9 Å². The molecule has 1 heterocycles. The molecule has 0 saturated carbocycles. The Morgan fingerprint density at radius 2 is 2.20 bits per heavy atom. The number of nitrogens with one attached hydrogen (secondary N) is 2. The molecule has 0 aliphatic carbocycles. The standard InChI is InChI=1S/C11H11FN6O2/c1-6-2-3-7(4-8(6)12)15-10-9(18(19)20)5-14-11(16-10)17-13/h2-5H,13H2,1H3,(H2,14,15,16,17). The Morgan fingerprint density at radius 3 is 2.80 bits per heavy atom. The molecule has 0 bridgehead atoms. The van der Waals surface area contributed by atoms with Crippen molar-refractivity contribution in [3.05, 3.63) is 45.9 Å². The van der Waals surface area contributed by atoms with Crippen LogP contribution in [0.5, 0.6) is 0 Å². The SMILES string of the molecule is Cc1ccc(Nc2nc(NN)ncc2[N+](=O)[O-])cc1F. The molecule has 1 aromatic carbocycles. The number of benzene rings is 1. The second-order valence-corrected chi connectivity index (χ2v) is 3.92. The molecule has 2 aromatic rings. The Labute approximate surface area is 113 Å². The van der Waals surface area contributed by atoms with Gasteiger partial charge in [0.2, 0.25) is 11.8 Å². The summed E-state index contributed by atoms with van der Waals surface area (Å²) in [7, 11) is 0. The largest absolute Gasteiger partial charge is 0.334 e. The van der Waals surface area contributed by atoms with Crippen LogP contribution >= 0.6 is 0 Å². The van der Waals surface area contributed by atoms with Gasteiger partial charge in [-0.05, 0) is 24.6 Å². The van der Waals surface area contributed by atoms with Crippen molar-refractivity contribution in [3.8, 4) is 0 Å². The lowest BCUT2D eigenvalue weighted by atomic mass is 10.2. The molecule has 0 aliphatic rings. The number of halogens is 1. The lowest BCUT2D eigenvalue weighted by Gasteiger charge is -2.08. The number of nitrogens with two attached hydrogens (primary N) is 1. The van der Waals surface area contributed by atoms with E-state index in [1.807, 2.05) is 0 Å². The molecule has 0 saturated heterocycles. The van der Waals surface area contributed by atoms with Gasteiger partial charge in [-0.3, -0.25) is 15.5 Å². The number of nitrogens with zero attached hydrogens (tertiary/aromatic N) is 3. The number of hydrazine groups is 1. The molecule has 1 aromatic heterocycles. The second-order valence-electron chi connectivity index (χ2n) is 3.92. The van der Waals surface area contributed by atoms with Gasteiger partial charge < -0.3 is 5.32 Å². The summed E-state index contributed by atoms with van der Waals surface area (Å²) < 4.78 is 13.4. The van der Waals surface area contributed by atoms with Crippen LogP contribution in [0.3, 0.4) is 0 Å². The maximum absolute atomic E-state index is 13.4. The Balaban J connectivity index is 2.40. The second kappa shape index (κ2) is 5.45. The third-order valence-corrected chi connectivity index (χ3v) is 2.53. The first kappa shape index (κ1) is 13.6. The molecule has 104 valence electrons. The Morgan fingerprint density at radius 1 is 1.45 bits per heavy atom. The van der Waals surface area contributed by atoms with E-state index in [0.29, 0.717) is 11.3 Å². The van der Waals surface area contributed by atoms with E-state index in [0.717, 1.165) is 6.20 Å². The van der Waals surface area contributed by atoms with Crippen LogP contribution in [0.15, 0.2) is 24.4 Å². The van der Waals surface area contributed by atoms with Gasteiger partial charge in [0.05, 0.1) is 4.92 Å². The summed E-state index contributed by atoms with van der Waals surface area (Å²) in [4.78, 5) is 17.7. The topological polar surface area (TPSA) is 119 Å². The van der Waals surface area contributed by atoms with Crippen LogP contribution in [0.2, 0.25) is 0 Å². The number of rotatable bonds is 4. The molecule has 0 amide bonds. The lowest BCUT2D eigenvalue weighted by Crippen LogP contribution is -2.12. The van der Waals surface area contributed by atoms with Crippen molar-refractivity contribution in [2.24, 2.45) is 5.84 Å². The van der Waals surface area contributed by atoms with Gasteiger partial charge in [-0.2, -0.15) is 4.98 Å². The van der Waals surface area contributed by atoms with Crippen molar-refractivity contribution in [3.63, 3.8) is 0 Å². The minimum atomic E-state index is -0.646. The van der Waals surface area contributed by atoms with Crippen molar-refractivity contribution < 1.29 is 9.31 Å². The van der Waals surface area contributed by atoms with E-state index >= 15 is 0 Å². The average Bonchev–Trinajstić information content (AvgIpc) is 2.42. The highest BCUT2D eigenvalue weighted by molar-refractivity contribution is 5.66. The van der Waals surface area contributed by atoms with Crippen molar-refractivity contribution in [1.82, 2.24) is 9.97 Å². The molecule has 0 fully saturated rings. The fraction of sp³-hybridized carbons (Fsp3) is 0.0909. The first-order valence-corrected chi connectivity index (χ1v) is 5.52. The van der Waals surface area contributed by atoms with Crippen LogP contribution in [-0.2, 0) is 0 Å². The van der Waals surface area contributed by atoms with E-state index in [1.54, 1.807) is 19.1 Å². The molecule has 8 nitrogen and oxygen atoms in total. The zero-order chi connectivity index (χ0) is 14.7. The lowest BCUT2D eigenvalue weighted by molar-refractivity contribution is -0.384. The van der Waals surface area contributed by atoms with Gasteiger partial charge in [-0.15, -0.1) is 0 Å². The maximum atomic E-state index is 13.4. The molecular formula is C11H11FN6O2. The Kier molecular flexibility index (Phi) is 3.71. The van der Waals surface area contributed by atoms with E-state index in [1.165, 1.54) is 6.07 Å². The van der Waals surface area contributed by atoms with E-state index < -0.39 is 10.7 Å². The third kappa shape index (κ3) is 2.78. The molecule has 4 N–H and O–H groups in total. The van der Waals surface area contributed by atoms with Crippen LogP contribution in [0.1, 0.15) is 5.56 Å². The summed E-state index contributed by atoms with van der Waals surface area (Å²) in [6, 6.07) is 4.35. The number of hydrogen-bond acceptors (Lipinski definition) is 7. The highest BCUT2D eigenvalue weighted by atomic mass is 19.1. The number of hydrogen-bond donors (Lipinski definition) is 3. The zero-order valence-corrected chi connectivity index (χ0v) is 10.4. The van der Waals surface area contributed by atoms with Crippen molar-refractivity contribution in [2.45, 2.75) is 6.92 Å². The number of anilines is 3. The van der Waals surface area contributed by atoms with Crippen molar-refractivity contribution in [1.29, 1.82) is 0 Å². The summed E-state index contributed by atoms with van der Waals surface area (Å²) in [6.07, 6.45) is 1.01. The minimum absolute atomic E-state index is 0.00526. The predicted octanol–water partition coefficient (Wildman–Crippen LogP) is 1.86. The van der Waals surface area contributed by atoms with Crippen molar-refractivity contribution >= 4 is 23.1 Å². The molecule has 20 heavy (non-hydrogen) atoms. The summed E-state index contributed by atoms with van der Waals surface area (Å²) in [5.41, 5.74) is 2.64. The van der Waals surface area contributed by atoms with Crippen LogP contribution < -0.4 is 16.6 Å². The quantitative estimate of drug-likeness (QED) is 0.443. The normalized spacial score (nSPS) is 10.2. The predicted molar refractivity (Wildman–Crippen MR) is 70.9 cm³/mol. The fourth-order valence-corrected chi connectivity index (χ4v) is 1.48. The number of aryl methyl sites for hydroxylation is 1. The smallest absolute Gasteiger partial charge is 0.329 e. The van der Waals surface area contributed by atoms with Gasteiger partial charge in [0.1, 0.15) is 12.0 Å². The van der Waals surface area contributed by atoms with E-state index in [9.17, 15) is 14.5 Å². The van der Waals surface area contributed by atoms with Crippen LogP contribution in [0, 0.1) is 22.9 Å². The summed E-state index contributed by atoms with van der Waals surface area (Å²) >= 11 is 0. The highest BCUT2D eigenvalue weighted by Gasteiger charge is 2.17. The molecule has 0 spiro atoms. The maximum Gasteiger partial charge on any atom is 0.329 e. The van der Waals surface area contributed by atoms with Crippen LogP contribution in [0.4, 0.5) is 27.5 Å². The molecule has 9 heteroatoms. The zero-order valence-electron chi connectivity index (χ0n) is 10.4. The highest BCUT2D eigenvalue weighted by Crippen LogP contribution is 2.26. The van der Waals surface area contributed by atoms with E-state index in [2.05, 4.69) is 20.7 Å². The summed E-state index contributed by atoms with van der Waals surface area (Å²) in [5, 5.41) is 13.6. The molecule has 0 atom stereocenters. The van der Waals surface area contributed by atoms with E-state index in [4.69, 9.17) is 5.84 Å². The number of nitro groups is 1. The van der Waals surface area contributed by atoms with E-state index in [-0.39, 0.29) is 17.5 Å². The van der Waals surface area contributed by atoms with Crippen LogP contribution in [0.25, 0.3) is 0 Å². The average molecular weight is 278 g/mol. The summed E-state index contributed by atoms with van der Waals surface area (Å²) in [5.74, 6) is 4.65. The first-order chi connectivity index (χ1) is 9.51. The van der Waals surface area contributed by atoms with Crippen molar-refractivity contribution in [2.75, 3.05) is 10.7 Å². The molecule has 2 rings (SSSR count). The number of aromatic nitrogens is 2. The van der Waals surface area contributed by atoms with Gasteiger partial charge in [-0.1, -0.05) is 6.07 Å². The van der Waals surface area contributed by atoms with Gasteiger partial charge in [-0.25, -0.2) is 15.2 Å². The van der Waals surface area contributed by atoms with Gasteiger partial charge in [0.15, 0.2) is 0 Å². The minimum Gasteiger partial charge on any atom is -0.334 e. The molecule has 0 radical (unpaired) electrons. The Hall–Kier alpha value is -2.81. The molecule has 0 unspecified atom stereocenters. The summed E-state index contributed by atoms with van der Waals surface area (Å²) in [6.45, 7) is 1.61. The third-order valence-electron chi connectivity index (χ3n) is 2.53. The number of nitrogen functional groups attached to an aromatic ring is 1. The fourth-order valence-electron chi connectivity index (χ4n) is 1.48. The monoisotopic (exact) mass is 278 g/mol. The first-order valence-electron chi connectivity index (χ1n) is 5.52. The van der Waals surface area contributed by atoms with Gasteiger partial charge >= 0.3 is 5.69 Å².